The summed E-state index contributed by atoms with van der Waals surface area (Å²) in [5.74, 6) is -6.23. The molecule has 4 aromatic rings. The van der Waals surface area contributed by atoms with Crippen LogP contribution in [0.1, 0.15) is 24.3 Å². The molecule has 4 amide bonds. The number of aromatic hydroxyl groups is 1. The third-order valence-electron chi connectivity index (χ3n) is 11.6. The van der Waals surface area contributed by atoms with Gasteiger partial charge in [0.05, 0.1) is 36.4 Å². The molecular weight excluding hydrogens is 708 g/mol. The van der Waals surface area contributed by atoms with Crippen LogP contribution in [0.2, 0.25) is 0 Å². The number of carbonyl (C=O) groups is 4. The molecule has 0 radical (unpaired) electrons. The van der Waals surface area contributed by atoms with E-state index in [-0.39, 0.29) is 30.2 Å². The molecule has 2 aliphatic carbocycles. The number of phenols is 1. The minimum atomic E-state index is -2.09. The molecule has 9 nitrogen and oxygen atoms in total. The first-order valence-corrected chi connectivity index (χ1v) is 18.0. The van der Waals surface area contributed by atoms with Crippen molar-refractivity contribution in [2.45, 2.75) is 28.5 Å². The Morgan fingerprint density at radius 1 is 0.731 bits per heavy atom. The Bertz CT molecular complexity index is 2220. The van der Waals surface area contributed by atoms with Gasteiger partial charge in [-0.25, -0.2) is 9.29 Å². The summed E-state index contributed by atoms with van der Waals surface area (Å²) < 4.78 is 19.5. The van der Waals surface area contributed by atoms with E-state index in [2.05, 4.69) is 4.90 Å². The molecule has 52 heavy (non-hydrogen) atoms. The summed E-state index contributed by atoms with van der Waals surface area (Å²) in [7, 11) is 0. The van der Waals surface area contributed by atoms with Crippen LogP contribution in [0.25, 0.3) is 10.8 Å². The second-order valence-electron chi connectivity index (χ2n) is 14.1. The van der Waals surface area contributed by atoms with Crippen LogP contribution in [0, 0.1) is 23.6 Å². The van der Waals surface area contributed by atoms with E-state index in [0.29, 0.717) is 40.8 Å². The van der Waals surface area contributed by atoms with Gasteiger partial charge in [0, 0.05) is 30.1 Å². The molecule has 4 aromatic carbocycles. The van der Waals surface area contributed by atoms with E-state index in [4.69, 9.17) is 27.9 Å². The number of hydrogen-bond donors (Lipinski definition) is 1. The van der Waals surface area contributed by atoms with Gasteiger partial charge in [-0.15, -0.1) is 23.2 Å². The van der Waals surface area contributed by atoms with E-state index in [1.54, 1.807) is 42.5 Å². The number of phenolic OH excluding ortho intramolecular Hbond substituents is 1. The maximum Gasteiger partial charge on any atom is 0.258 e. The second-order valence-corrected chi connectivity index (χ2v) is 15.3. The van der Waals surface area contributed by atoms with Crippen molar-refractivity contribution in [1.29, 1.82) is 0 Å². The average Bonchev–Trinajstić information content (AvgIpc) is 3.50. The summed E-state index contributed by atoms with van der Waals surface area (Å²) in [5, 5.41) is 11.9. The zero-order chi connectivity index (χ0) is 36.1. The molecule has 1 saturated carbocycles. The maximum atomic E-state index is 14.7. The first-order valence-electron chi connectivity index (χ1n) is 17.3. The zero-order valence-electron chi connectivity index (χ0n) is 27.7. The molecule has 3 heterocycles. The van der Waals surface area contributed by atoms with Gasteiger partial charge in [-0.05, 0) is 84.3 Å². The monoisotopic (exact) mass is 739 g/mol. The van der Waals surface area contributed by atoms with Crippen molar-refractivity contribution in [1.82, 2.24) is 0 Å². The number of carbonyl (C=O) groups excluding carboxylic acids is 4. The van der Waals surface area contributed by atoms with Gasteiger partial charge in [0.25, 0.3) is 11.8 Å². The van der Waals surface area contributed by atoms with Crippen LogP contribution >= 0.6 is 23.2 Å². The second kappa shape index (κ2) is 11.9. The number of fused-ring (bicyclic) bond motifs is 5. The van der Waals surface area contributed by atoms with Crippen molar-refractivity contribution < 1.29 is 33.4 Å². The van der Waals surface area contributed by atoms with Crippen LogP contribution in [0.5, 0.6) is 5.75 Å². The van der Waals surface area contributed by atoms with E-state index >= 15 is 0 Å². The minimum absolute atomic E-state index is 0.0127. The minimum Gasteiger partial charge on any atom is -0.507 e. The largest absolute Gasteiger partial charge is 0.507 e. The van der Waals surface area contributed by atoms with Crippen LogP contribution in [-0.2, 0) is 23.9 Å². The number of anilines is 3. The van der Waals surface area contributed by atoms with Crippen molar-refractivity contribution in [3.05, 3.63) is 108 Å². The Hall–Kier alpha value is -4.77. The Morgan fingerprint density at radius 3 is 2.08 bits per heavy atom. The lowest BCUT2D eigenvalue weighted by atomic mass is 9.56. The van der Waals surface area contributed by atoms with Gasteiger partial charge < -0.3 is 14.7 Å². The van der Waals surface area contributed by atoms with Crippen LogP contribution in [0.4, 0.5) is 21.5 Å². The van der Waals surface area contributed by atoms with Gasteiger partial charge in [-0.3, -0.25) is 24.1 Å². The number of rotatable bonds is 4. The van der Waals surface area contributed by atoms with Crippen LogP contribution in [0.3, 0.4) is 0 Å². The fraction of sp³-hybridized carbons (Fsp3) is 0.300. The lowest BCUT2D eigenvalue weighted by molar-refractivity contribution is -0.125. The molecule has 0 bridgehead atoms. The van der Waals surface area contributed by atoms with Crippen LogP contribution < -0.4 is 14.7 Å². The molecule has 0 spiro atoms. The fourth-order valence-corrected chi connectivity index (χ4v) is 10.1. The molecule has 0 aromatic heterocycles. The first-order chi connectivity index (χ1) is 25.0. The quantitative estimate of drug-likeness (QED) is 0.149. The Labute approximate surface area is 308 Å². The van der Waals surface area contributed by atoms with Gasteiger partial charge >= 0.3 is 0 Å². The zero-order valence-corrected chi connectivity index (χ0v) is 29.2. The molecule has 12 heteroatoms. The molecule has 3 saturated heterocycles. The third-order valence-corrected chi connectivity index (χ3v) is 13.0. The number of alkyl halides is 2. The van der Waals surface area contributed by atoms with Crippen LogP contribution in [0.15, 0.2) is 96.6 Å². The van der Waals surface area contributed by atoms with E-state index in [1.807, 2.05) is 18.2 Å². The summed E-state index contributed by atoms with van der Waals surface area (Å²) in [5.41, 5.74) is 2.69. The lowest BCUT2D eigenvalue weighted by Gasteiger charge is -2.51. The predicted octanol–water partition coefficient (Wildman–Crippen LogP) is 6.29. The van der Waals surface area contributed by atoms with E-state index < -0.39 is 57.0 Å². The molecule has 0 unspecified atom stereocenters. The number of morpholine rings is 1. The highest BCUT2D eigenvalue weighted by molar-refractivity contribution is 6.58. The summed E-state index contributed by atoms with van der Waals surface area (Å²) in [6.07, 6.45) is 1.90. The van der Waals surface area contributed by atoms with Gasteiger partial charge in [0.15, 0.2) is 9.75 Å². The van der Waals surface area contributed by atoms with Gasteiger partial charge in [0.1, 0.15) is 11.6 Å². The van der Waals surface area contributed by atoms with Gasteiger partial charge in [-0.1, -0.05) is 42.0 Å². The highest BCUT2D eigenvalue weighted by atomic mass is 35.5. The number of imide groups is 2. The number of amides is 4. The van der Waals surface area contributed by atoms with Crippen LogP contribution in [-0.4, -0.2) is 64.8 Å². The third kappa shape index (κ3) is 4.50. The van der Waals surface area contributed by atoms with Gasteiger partial charge in [-0.2, -0.15) is 0 Å². The molecule has 5 aliphatic rings. The molecule has 4 fully saturated rings. The smallest absolute Gasteiger partial charge is 0.258 e. The molecule has 9 rings (SSSR count). The predicted molar refractivity (Wildman–Crippen MR) is 194 cm³/mol. The SMILES string of the molecule is O=C1[C@H]2[C@H](CC=C3[C@H]2C[C@@]2(Cl)C(=O)N(c4ccc(F)cc4)C(=O)[C@@]2(Cl)[C@H]3c2ccc(O)c3ccccc23)C(=O)N1c1ccc(N2CCOCC2)cc1. The van der Waals surface area contributed by atoms with Gasteiger partial charge in [0.2, 0.25) is 11.8 Å². The summed E-state index contributed by atoms with van der Waals surface area (Å²) >= 11 is 15.1. The van der Waals surface area contributed by atoms with E-state index in [9.17, 15) is 28.7 Å². The summed E-state index contributed by atoms with van der Waals surface area (Å²) in [4.78, 5) is 58.2. The lowest BCUT2D eigenvalue weighted by Crippen LogP contribution is -2.60. The number of benzene rings is 4. The number of hydrogen-bond acceptors (Lipinski definition) is 7. The molecule has 6 atom stereocenters. The van der Waals surface area contributed by atoms with Crippen molar-refractivity contribution in [2.75, 3.05) is 41.0 Å². The highest BCUT2D eigenvalue weighted by Crippen LogP contribution is 2.66. The van der Waals surface area contributed by atoms with E-state index in [0.717, 1.165) is 35.8 Å². The average molecular weight is 741 g/mol. The molecule has 1 N–H and O–H groups in total. The Balaban J connectivity index is 1.17. The topological polar surface area (TPSA) is 107 Å². The van der Waals surface area contributed by atoms with E-state index in [1.165, 1.54) is 23.1 Å². The molecular formula is C40H32Cl2FN3O6. The van der Waals surface area contributed by atoms with Crippen molar-refractivity contribution in [3.63, 3.8) is 0 Å². The van der Waals surface area contributed by atoms with Crippen molar-refractivity contribution >= 4 is 74.7 Å². The normalized spacial score (nSPS) is 30.1. The molecule has 264 valence electrons. The number of halogens is 3. The number of nitrogens with zero attached hydrogens (tertiary/aromatic N) is 3. The van der Waals surface area contributed by atoms with Crippen molar-refractivity contribution in [2.24, 2.45) is 17.8 Å². The number of allylic oxidation sites excluding steroid dienone is 2. The maximum absolute atomic E-state index is 14.7. The standard InChI is InChI=1S/C40H32Cl2FN3O6/c41-39-21-31-29(13-14-30-33(31)36(49)45(35(30)48)24-11-9-23(10-12-24)44-17-19-52-20-18-44)34(28-15-16-32(47)27-4-2-1-3-26(27)28)40(39,42)38(51)46(37(39)50)25-7-5-22(43)6-8-25/h1-13,15-16,30-31,33-34,47H,14,17-21H2/t30-,31+,33-,34-,39+,40-/m0/s1. The molecule has 3 aliphatic heterocycles. The first kappa shape index (κ1) is 33.1. The Kier molecular flexibility index (Phi) is 7.56. The van der Waals surface area contributed by atoms with Crippen molar-refractivity contribution in [3.8, 4) is 5.75 Å². The summed E-state index contributed by atoms with van der Waals surface area (Å²) in [6, 6.07) is 22.5. The number of ether oxygens (including phenoxy) is 1. The fourth-order valence-electron chi connectivity index (χ4n) is 9.19. The Morgan fingerprint density at radius 2 is 1.37 bits per heavy atom. The summed E-state index contributed by atoms with van der Waals surface area (Å²) in [6.45, 7) is 2.71. The highest BCUT2D eigenvalue weighted by Gasteiger charge is 2.76.